The van der Waals surface area contributed by atoms with Crippen LogP contribution in [0, 0.1) is 0 Å². The first-order valence-electron chi connectivity index (χ1n) is 3.94. The van der Waals surface area contributed by atoms with Gasteiger partial charge in [-0.15, -0.1) is 0 Å². The third-order valence-corrected chi connectivity index (χ3v) is 1.82. The minimum atomic E-state index is -1.30. The third-order valence-electron chi connectivity index (χ3n) is 1.82. The molecule has 12 heavy (non-hydrogen) atoms. The van der Waals surface area contributed by atoms with Crippen molar-refractivity contribution < 1.29 is 24.8 Å². The first kappa shape index (κ1) is 9.88. The zero-order valence-electron chi connectivity index (χ0n) is 6.88. The predicted molar refractivity (Wildman–Crippen MR) is 39.4 cm³/mol. The third kappa shape index (κ3) is 1.94. The number of ether oxygens (including phenoxy) is 2. The largest absolute Gasteiger partial charge is 0.387 e. The van der Waals surface area contributed by atoms with Crippen LogP contribution >= 0.6 is 0 Å². The summed E-state index contributed by atoms with van der Waals surface area (Å²) >= 11 is 0. The molecule has 0 aromatic carbocycles. The van der Waals surface area contributed by atoms with Crippen molar-refractivity contribution in [1.82, 2.24) is 0 Å². The lowest BCUT2D eigenvalue weighted by Gasteiger charge is -2.13. The van der Waals surface area contributed by atoms with Crippen molar-refractivity contribution in [1.29, 1.82) is 0 Å². The number of rotatable bonds is 3. The zero-order chi connectivity index (χ0) is 9.14. The molecule has 1 saturated heterocycles. The van der Waals surface area contributed by atoms with Gasteiger partial charge in [-0.2, -0.15) is 0 Å². The Labute approximate surface area is 70.5 Å². The van der Waals surface area contributed by atoms with Crippen molar-refractivity contribution in [3.05, 3.63) is 0 Å². The topological polar surface area (TPSA) is 79.2 Å². The van der Waals surface area contributed by atoms with Crippen LogP contribution in [-0.2, 0) is 9.47 Å². The Kier molecular flexibility index (Phi) is 3.42. The smallest absolute Gasteiger partial charge is 0.184 e. The summed E-state index contributed by atoms with van der Waals surface area (Å²) in [6, 6.07) is 0. The van der Waals surface area contributed by atoms with E-state index in [1.54, 1.807) is 0 Å². The fourth-order valence-electron chi connectivity index (χ4n) is 1.10. The van der Waals surface area contributed by atoms with Gasteiger partial charge in [0.05, 0.1) is 6.61 Å². The lowest BCUT2D eigenvalue weighted by atomic mass is 10.1. The summed E-state index contributed by atoms with van der Waals surface area (Å²) in [6.45, 7) is 2.51. The Bertz CT molecular complexity index is 140. The average Bonchev–Trinajstić information content (AvgIpc) is 2.30. The Morgan fingerprint density at radius 3 is 2.33 bits per heavy atom. The molecule has 5 nitrogen and oxygen atoms in total. The van der Waals surface area contributed by atoms with Gasteiger partial charge in [0, 0.05) is 6.61 Å². The number of aliphatic hydroxyl groups excluding tert-OH is 3. The standard InChI is InChI=1S/C7H14O5/c1-2-11-3-4-5(8)6(9)7(10)12-4/h4-10H,2-3H2,1H3/t4-,5-,6-,7+/m1/s1. The van der Waals surface area contributed by atoms with Gasteiger partial charge in [0.15, 0.2) is 6.29 Å². The summed E-state index contributed by atoms with van der Waals surface area (Å²) in [6.07, 6.45) is -4.22. The molecule has 0 radical (unpaired) electrons. The van der Waals surface area contributed by atoms with Gasteiger partial charge < -0.3 is 24.8 Å². The van der Waals surface area contributed by atoms with E-state index in [-0.39, 0.29) is 6.61 Å². The maximum Gasteiger partial charge on any atom is 0.184 e. The molecule has 1 aliphatic rings. The van der Waals surface area contributed by atoms with Crippen LogP contribution in [0.25, 0.3) is 0 Å². The number of aliphatic hydroxyl groups is 3. The van der Waals surface area contributed by atoms with E-state index < -0.39 is 24.6 Å². The highest BCUT2D eigenvalue weighted by Gasteiger charge is 2.41. The van der Waals surface area contributed by atoms with Crippen molar-refractivity contribution in [2.24, 2.45) is 0 Å². The predicted octanol–water partition coefficient (Wildman–Crippen LogP) is -1.54. The van der Waals surface area contributed by atoms with Crippen LogP contribution < -0.4 is 0 Å². The average molecular weight is 178 g/mol. The van der Waals surface area contributed by atoms with Crippen LogP contribution in [0.4, 0.5) is 0 Å². The minimum Gasteiger partial charge on any atom is -0.387 e. The maximum absolute atomic E-state index is 9.24. The molecule has 1 heterocycles. The van der Waals surface area contributed by atoms with Crippen molar-refractivity contribution in [3.8, 4) is 0 Å². The van der Waals surface area contributed by atoms with Gasteiger partial charge in [0.1, 0.15) is 18.3 Å². The van der Waals surface area contributed by atoms with Gasteiger partial charge in [-0.05, 0) is 6.92 Å². The number of hydrogen-bond donors (Lipinski definition) is 3. The lowest BCUT2D eigenvalue weighted by Crippen LogP contribution is -2.34. The molecule has 1 aliphatic heterocycles. The Morgan fingerprint density at radius 2 is 1.92 bits per heavy atom. The van der Waals surface area contributed by atoms with Gasteiger partial charge in [0.2, 0.25) is 0 Å². The molecule has 0 aromatic rings. The van der Waals surface area contributed by atoms with E-state index in [1.807, 2.05) is 6.92 Å². The first-order valence-corrected chi connectivity index (χ1v) is 3.94. The van der Waals surface area contributed by atoms with Gasteiger partial charge in [0.25, 0.3) is 0 Å². The fourth-order valence-corrected chi connectivity index (χ4v) is 1.10. The van der Waals surface area contributed by atoms with Gasteiger partial charge in [-0.3, -0.25) is 0 Å². The maximum atomic E-state index is 9.24. The van der Waals surface area contributed by atoms with Crippen LogP contribution in [0.5, 0.6) is 0 Å². The van der Waals surface area contributed by atoms with Crippen LogP contribution in [0.3, 0.4) is 0 Å². The Morgan fingerprint density at radius 1 is 1.25 bits per heavy atom. The molecule has 3 N–H and O–H groups in total. The van der Waals surface area contributed by atoms with Crippen molar-refractivity contribution >= 4 is 0 Å². The molecule has 0 unspecified atom stereocenters. The summed E-state index contributed by atoms with van der Waals surface area (Å²) in [5.41, 5.74) is 0. The van der Waals surface area contributed by atoms with Crippen LogP contribution in [-0.4, -0.2) is 53.1 Å². The quantitative estimate of drug-likeness (QED) is 0.488. The Balaban J connectivity index is 2.36. The van der Waals surface area contributed by atoms with Crippen LogP contribution in [0.15, 0.2) is 0 Å². The molecule has 0 spiro atoms. The summed E-state index contributed by atoms with van der Waals surface area (Å²) in [5, 5.41) is 27.2. The molecule has 0 saturated carbocycles. The highest BCUT2D eigenvalue weighted by molar-refractivity contribution is 4.85. The second-order valence-corrected chi connectivity index (χ2v) is 2.71. The fraction of sp³-hybridized carbons (Fsp3) is 1.00. The van der Waals surface area contributed by atoms with E-state index in [1.165, 1.54) is 0 Å². The second kappa shape index (κ2) is 4.15. The number of hydrogen-bond acceptors (Lipinski definition) is 5. The summed E-state index contributed by atoms with van der Waals surface area (Å²) in [5.74, 6) is 0. The van der Waals surface area contributed by atoms with Crippen LogP contribution in [0.1, 0.15) is 6.92 Å². The van der Waals surface area contributed by atoms with E-state index in [2.05, 4.69) is 0 Å². The molecular weight excluding hydrogens is 164 g/mol. The van der Waals surface area contributed by atoms with E-state index in [9.17, 15) is 5.11 Å². The second-order valence-electron chi connectivity index (χ2n) is 2.71. The molecular formula is C7H14O5. The molecule has 0 amide bonds. The van der Waals surface area contributed by atoms with E-state index in [0.717, 1.165) is 0 Å². The molecule has 72 valence electrons. The highest BCUT2D eigenvalue weighted by atomic mass is 16.7. The monoisotopic (exact) mass is 178 g/mol. The van der Waals surface area contributed by atoms with Gasteiger partial charge in [-0.1, -0.05) is 0 Å². The SMILES string of the molecule is CCOC[C@H]1O[C@H](O)[C@H](O)[C@@H]1O. The molecule has 0 aliphatic carbocycles. The summed E-state index contributed by atoms with van der Waals surface area (Å²) < 4.78 is 9.80. The zero-order valence-corrected chi connectivity index (χ0v) is 6.88. The van der Waals surface area contributed by atoms with E-state index in [4.69, 9.17) is 19.7 Å². The normalized spacial score (nSPS) is 42.0. The van der Waals surface area contributed by atoms with Gasteiger partial charge in [-0.25, -0.2) is 0 Å². The van der Waals surface area contributed by atoms with Crippen molar-refractivity contribution in [3.63, 3.8) is 0 Å². The molecule has 5 heteroatoms. The molecule has 0 bridgehead atoms. The summed E-state index contributed by atoms with van der Waals surface area (Å²) in [4.78, 5) is 0. The molecule has 1 fully saturated rings. The summed E-state index contributed by atoms with van der Waals surface area (Å²) in [7, 11) is 0. The minimum absolute atomic E-state index is 0.186. The first-order chi connectivity index (χ1) is 5.66. The van der Waals surface area contributed by atoms with E-state index in [0.29, 0.717) is 6.61 Å². The molecule has 1 rings (SSSR count). The van der Waals surface area contributed by atoms with Crippen LogP contribution in [0.2, 0.25) is 0 Å². The highest BCUT2D eigenvalue weighted by Crippen LogP contribution is 2.19. The van der Waals surface area contributed by atoms with Crippen molar-refractivity contribution in [2.45, 2.75) is 31.5 Å². The lowest BCUT2D eigenvalue weighted by molar-refractivity contribution is -0.136. The van der Waals surface area contributed by atoms with Crippen molar-refractivity contribution in [2.75, 3.05) is 13.2 Å². The van der Waals surface area contributed by atoms with Gasteiger partial charge >= 0.3 is 0 Å². The molecule has 4 atom stereocenters. The molecule has 0 aromatic heterocycles. The van der Waals surface area contributed by atoms with E-state index >= 15 is 0 Å². The Hall–Kier alpha value is -0.200.